The van der Waals surface area contributed by atoms with E-state index in [-0.39, 0.29) is 24.8 Å². The molecule has 1 saturated heterocycles. The molecule has 1 unspecified atom stereocenters. The third-order valence-corrected chi connectivity index (χ3v) is 3.30. The maximum absolute atomic E-state index is 12.4. The number of hydrogen-bond acceptors (Lipinski definition) is 2. The monoisotopic (exact) mass is 304 g/mol. The van der Waals surface area contributed by atoms with Gasteiger partial charge in [0.25, 0.3) is 0 Å². The van der Waals surface area contributed by atoms with Gasteiger partial charge in [0, 0.05) is 24.9 Å². The maximum atomic E-state index is 12.4. The highest BCUT2D eigenvalue weighted by Gasteiger charge is 2.39. The molecule has 118 valence electrons. The second-order valence-electron chi connectivity index (χ2n) is 5.38. The van der Waals surface area contributed by atoms with Crippen LogP contribution in [0.5, 0.6) is 0 Å². The molecule has 0 aromatic heterocycles. The maximum Gasteiger partial charge on any atom is 0.391 e. The summed E-state index contributed by atoms with van der Waals surface area (Å²) in [4.78, 5) is 25.3. The van der Waals surface area contributed by atoms with Crippen LogP contribution in [-0.4, -0.2) is 41.0 Å². The molecule has 1 fully saturated rings. The van der Waals surface area contributed by atoms with E-state index in [1.54, 1.807) is 13.8 Å². The molecule has 1 aliphatic heterocycles. The van der Waals surface area contributed by atoms with E-state index in [2.05, 4.69) is 11.2 Å². The van der Waals surface area contributed by atoms with E-state index < -0.39 is 30.6 Å². The average molecular weight is 304 g/mol. The Morgan fingerprint density at radius 1 is 1.52 bits per heavy atom. The van der Waals surface area contributed by atoms with Gasteiger partial charge in [0.2, 0.25) is 11.8 Å². The lowest BCUT2D eigenvalue weighted by Crippen LogP contribution is -2.50. The highest BCUT2D eigenvalue weighted by Crippen LogP contribution is 2.25. The van der Waals surface area contributed by atoms with E-state index in [1.165, 1.54) is 4.90 Å². The zero-order valence-electron chi connectivity index (χ0n) is 12.0. The Balaban J connectivity index is 2.73. The number of carbonyl (C=O) groups is 2. The van der Waals surface area contributed by atoms with E-state index in [4.69, 9.17) is 6.42 Å². The summed E-state index contributed by atoms with van der Waals surface area (Å²) < 4.78 is 37.3. The third kappa shape index (κ3) is 4.96. The van der Waals surface area contributed by atoms with Crippen LogP contribution in [0, 0.1) is 12.3 Å². The van der Waals surface area contributed by atoms with Crippen LogP contribution >= 0.6 is 0 Å². The fraction of sp³-hybridized carbons (Fsp3) is 0.714. The Bertz CT molecular complexity index is 440. The highest BCUT2D eigenvalue weighted by atomic mass is 19.4. The Labute approximate surface area is 122 Å². The Morgan fingerprint density at radius 2 is 2.14 bits per heavy atom. The Kier molecular flexibility index (Phi) is 5.64. The van der Waals surface area contributed by atoms with Crippen molar-refractivity contribution in [2.24, 2.45) is 0 Å². The Hall–Kier alpha value is -1.71. The molecule has 7 heteroatoms. The molecule has 4 nitrogen and oxygen atoms in total. The van der Waals surface area contributed by atoms with E-state index in [1.807, 2.05) is 0 Å². The molecule has 0 aromatic carbocycles. The first-order chi connectivity index (χ1) is 9.65. The van der Waals surface area contributed by atoms with Gasteiger partial charge in [0.15, 0.2) is 0 Å². The molecule has 0 aliphatic carbocycles. The van der Waals surface area contributed by atoms with Crippen molar-refractivity contribution in [1.82, 2.24) is 10.2 Å². The number of terminal acetylenes is 1. The zero-order valence-corrected chi connectivity index (χ0v) is 12.0. The molecule has 1 N–H and O–H groups in total. The number of halogens is 3. The average Bonchev–Trinajstić information content (AvgIpc) is 2.69. The van der Waals surface area contributed by atoms with Crippen molar-refractivity contribution in [2.45, 2.75) is 63.8 Å². The van der Waals surface area contributed by atoms with E-state index in [9.17, 15) is 22.8 Å². The summed E-state index contributed by atoms with van der Waals surface area (Å²) in [6.07, 6.45) is -0.190. The number of likely N-dealkylation sites (tertiary alicyclic amines) is 1. The number of amides is 2. The van der Waals surface area contributed by atoms with Crippen LogP contribution in [-0.2, 0) is 9.59 Å². The van der Waals surface area contributed by atoms with Gasteiger partial charge < -0.3 is 10.2 Å². The van der Waals surface area contributed by atoms with Crippen molar-refractivity contribution < 1.29 is 22.8 Å². The second-order valence-corrected chi connectivity index (χ2v) is 5.38. The van der Waals surface area contributed by atoms with Gasteiger partial charge in [-0.2, -0.15) is 13.2 Å². The van der Waals surface area contributed by atoms with Crippen LogP contribution < -0.4 is 5.32 Å². The van der Waals surface area contributed by atoms with Crippen molar-refractivity contribution >= 4 is 11.8 Å². The minimum Gasteiger partial charge on any atom is -0.350 e. The lowest BCUT2D eigenvalue weighted by atomic mass is 10.1. The molecule has 21 heavy (non-hydrogen) atoms. The van der Waals surface area contributed by atoms with Crippen LogP contribution in [0.15, 0.2) is 0 Å². The van der Waals surface area contributed by atoms with Crippen LogP contribution in [0.1, 0.15) is 39.5 Å². The van der Waals surface area contributed by atoms with Gasteiger partial charge in [0.05, 0.1) is 6.42 Å². The predicted molar refractivity (Wildman–Crippen MR) is 71.1 cm³/mol. The summed E-state index contributed by atoms with van der Waals surface area (Å²) in [6, 6.07) is -2.05. The summed E-state index contributed by atoms with van der Waals surface area (Å²) in [6.45, 7) is 3.52. The number of hydrogen-bond donors (Lipinski definition) is 1. The normalized spacial score (nSPS) is 20.5. The molecule has 2 amide bonds. The van der Waals surface area contributed by atoms with Crippen molar-refractivity contribution in [3.8, 4) is 12.3 Å². The molecule has 1 rings (SSSR count). The van der Waals surface area contributed by atoms with Crippen molar-refractivity contribution in [3.63, 3.8) is 0 Å². The largest absolute Gasteiger partial charge is 0.391 e. The molecule has 1 heterocycles. The number of nitrogens with one attached hydrogen (secondary N) is 1. The summed E-state index contributed by atoms with van der Waals surface area (Å²) in [5.74, 6) is 1.41. The van der Waals surface area contributed by atoms with Gasteiger partial charge in [-0.15, -0.1) is 12.3 Å². The zero-order chi connectivity index (χ0) is 16.2. The number of carbonyl (C=O) groups excluding carboxylic acids is 2. The highest BCUT2D eigenvalue weighted by molar-refractivity contribution is 5.91. The molecule has 1 aliphatic rings. The standard InChI is InChI=1S/C14H19F3N2O2/c1-4-5-10(8-14(15,16)17)18-13(21)11-6-7-12(20)19(11)9(2)3/h1,9-11H,5-8H2,2-3H3,(H,18,21)/t10?,11-/m0/s1. The second kappa shape index (κ2) is 6.83. The van der Waals surface area contributed by atoms with Crippen molar-refractivity contribution in [1.29, 1.82) is 0 Å². The topological polar surface area (TPSA) is 49.4 Å². The lowest BCUT2D eigenvalue weighted by molar-refractivity contribution is -0.145. The van der Waals surface area contributed by atoms with Gasteiger partial charge in [-0.3, -0.25) is 9.59 Å². The van der Waals surface area contributed by atoms with E-state index >= 15 is 0 Å². The fourth-order valence-electron chi connectivity index (χ4n) is 2.50. The van der Waals surface area contributed by atoms with Gasteiger partial charge in [-0.1, -0.05) is 0 Å². The summed E-state index contributed by atoms with van der Waals surface area (Å²) in [7, 11) is 0. The van der Waals surface area contributed by atoms with Crippen LogP contribution in [0.25, 0.3) is 0 Å². The summed E-state index contributed by atoms with van der Waals surface area (Å²) in [5.41, 5.74) is 0. The van der Waals surface area contributed by atoms with Crippen molar-refractivity contribution in [3.05, 3.63) is 0 Å². The lowest BCUT2D eigenvalue weighted by Gasteiger charge is -2.29. The molecular formula is C14H19F3N2O2. The first kappa shape index (κ1) is 17.3. The van der Waals surface area contributed by atoms with E-state index in [0.717, 1.165) is 0 Å². The number of rotatable bonds is 5. The predicted octanol–water partition coefficient (Wildman–Crippen LogP) is 1.85. The van der Waals surface area contributed by atoms with Gasteiger partial charge in [-0.25, -0.2) is 0 Å². The molecule has 0 radical (unpaired) electrons. The number of nitrogens with zero attached hydrogens (tertiary/aromatic N) is 1. The third-order valence-electron chi connectivity index (χ3n) is 3.30. The van der Waals surface area contributed by atoms with Gasteiger partial charge in [0.1, 0.15) is 6.04 Å². The van der Waals surface area contributed by atoms with E-state index in [0.29, 0.717) is 6.42 Å². The molecule has 0 spiro atoms. The smallest absolute Gasteiger partial charge is 0.350 e. The van der Waals surface area contributed by atoms with Crippen LogP contribution in [0.4, 0.5) is 13.2 Å². The minimum atomic E-state index is -4.40. The fourth-order valence-corrected chi connectivity index (χ4v) is 2.50. The first-order valence-corrected chi connectivity index (χ1v) is 6.77. The number of alkyl halides is 3. The van der Waals surface area contributed by atoms with Crippen LogP contribution in [0.3, 0.4) is 0 Å². The molecule has 0 aromatic rings. The molecule has 0 bridgehead atoms. The SMILES string of the molecule is C#CCC(CC(F)(F)F)NC(=O)[C@@H]1CCC(=O)N1C(C)C. The van der Waals surface area contributed by atoms with Gasteiger partial charge in [-0.05, 0) is 20.3 Å². The quantitative estimate of drug-likeness (QED) is 0.788. The van der Waals surface area contributed by atoms with Gasteiger partial charge >= 0.3 is 6.18 Å². The Morgan fingerprint density at radius 3 is 2.62 bits per heavy atom. The minimum absolute atomic E-state index is 0.158. The van der Waals surface area contributed by atoms with Crippen molar-refractivity contribution in [2.75, 3.05) is 0 Å². The first-order valence-electron chi connectivity index (χ1n) is 6.77. The molecule has 2 atom stereocenters. The summed E-state index contributed by atoms with van der Waals surface area (Å²) in [5, 5.41) is 2.33. The summed E-state index contributed by atoms with van der Waals surface area (Å²) >= 11 is 0. The van der Waals surface area contributed by atoms with Crippen LogP contribution in [0.2, 0.25) is 0 Å². The molecule has 0 saturated carbocycles. The molecular weight excluding hydrogens is 285 g/mol.